The van der Waals surface area contributed by atoms with Gasteiger partial charge < -0.3 is 20.2 Å². The molecule has 0 unspecified atom stereocenters. The van der Waals surface area contributed by atoms with Crippen molar-refractivity contribution in [1.29, 1.82) is 0 Å². The molecule has 4 atom stereocenters. The fourth-order valence-electron chi connectivity index (χ4n) is 5.84. The van der Waals surface area contributed by atoms with Gasteiger partial charge in [-0.2, -0.15) is 4.98 Å². The molecule has 0 bridgehead atoms. The van der Waals surface area contributed by atoms with Crippen molar-refractivity contribution in [3.63, 3.8) is 0 Å². The molecule has 2 N–H and O–H groups in total. The minimum atomic E-state index is -2.96. The van der Waals surface area contributed by atoms with Gasteiger partial charge in [-0.3, -0.25) is 0 Å². The lowest BCUT2D eigenvalue weighted by atomic mass is 9.85. The molecule has 4 rings (SSSR count). The van der Waals surface area contributed by atoms with Crippen molar-refractivity contribution in [1.82, 2.24) is 9.97 Å². The zero-order chi connectivity index (χ0) is 29.2. The predicted molar refractivity (Wildman–Crippen MR) is 165 cm³/mol. The summed E-state index contributed by atoms with van der Waals surface area (Å²) in [5, 5.41) is 13.3. The quantitative estimate of drug-likeness (QED) is 0.399. The van der Waals surface area contributed by atoms with Crippen molar-refractivity contribution < 1.29 is 13.5 Å². The van der Waals surface area contributed by atoms with Crippen LogP contribution in [0.4, 0.5) is 17.5 Å². The van der Waals surface area contributed by atoms with Crippen LogP contribution in [-0.4, -0.2) is 73.5 Å². The lowest BCUT2D eigenvalue weighted by Gasteiger charge is -2.49. The molecule has 2 saturated heterocycles. The maximum absolute atomic E-state index is 11.7. The smallest absolute Gasteiger partial charge is 0.227 e. The molecule has 40 heavy (non-hydrogen) atoms. The van der Waals surface area contributed by atoms with E-state index in [9.17, 15) is 13.5 Å². The second-order valence-corrected chi connectivity index (χ2v) is 14.0. The van der Waals surface area contributed by atoms with E-state index in [1.54, 1.807) is 6.20 Å². The van der Waals surface area contributed by atoms with Gasteiger partial charge in [0.2, 0.25) is 5.95 Å². The Hall–Kier alpha value is -2.98. The van der Waals surface area contributed by atoms with Gasteiger partial charge in [0.1, 0.15) is 21.5 Å². The third-order valence-corrected chi connectivity index (χ3v) is 9.35. The Kier molecular flexibility index (Phi) is 9.19. The molecule has 2 aromatic rings. The average Bonchev–Trinajstić information content (AvgIpc) is 2.88. The summed E-state index contributed by atoms with van der Waals surface area (Å²) in [4.78, 5) is 18.0. The molecule has 9 nitrogen and oxygen atoms in total. The van der Waals surface area contributed by atoms with Gasteiger partial charge in [-0.15, -0.1) is 0 Å². The van der Waals surface area contributed by atoms with Crippen molar-refractivity contribution in [3.05, 3.63) is 46.9 Å². The molecular formula is C30H44N6O3S. The number of rotatable bonds is 10. The topological polar surface area (TPSA) is 111 Å². The van der Waals surface area contributed by atoms with Crippen LogP contribution in [0.2, 0.25) is 0 Å². The molecule has 10 heteroatoms. The number of aliphatic hydroxyl groups excluding tert-OH is 1. The van der Waals surface area contributed by atoms with Gasteiger partial charge in [0.25, 0.3) is 0 Å². The molecule has 3 heterocycles. The average molecular weight is 569 g/mol. The Bertz CT molecular complexity index is 1360. The Morgan fingerprint density at radius 3 is 2.65 bits per heavy atom. The van der Waals surface area contributed by atoms with Gasteiger partial charge >= 0.3 is 0 Å². The number of hydrogen-bond acceptors (Lipinski definition) is 9. The number of benzene rings is 1. The molecule has 0 amide bonds. The molecule has 2 aliphatic heterocycles. The molecule has 0 radical (unpaired) electrons. The largest absolute Gasteiger partial charge is 0.393 e. The zero-order valence-corrected chi connectivity index (χ0v) is 25.4. The second kappa shape index (κ2) is 12.3. The summed E-state index contributed by atoms with van der Waals surface area (Å²) < 4.78 is 23.3. The molecule has 2 aliphatic rings. The van der Waals surface area contributed by atoms with Crippen LogP contribution in [0.3, 0.4) is 0 Å². The minimum Gasteiger partial charge on any atom is -0.393 e. The standard InChI is InChI=1S/C30H44N6O3S/c1-19(2)25-8-9-27(36-18-23(22(36)5)12-15-40(7,38)39)21(4)26(25)17-29(31-6)33-28-10-13-32-30(34-28)35-14-11-24(37)16-20(35)3/h8-10,13,17,19-20,22-24,37H,6,11-12,14-16,18H2,1-5,7H3,(H,32,33,34)/b29-17+/t20-,22-,23+,24+/m1/s1. The summed E-state index contributed by atoms with van der Waals surface area (Å²) >= 11 is 0. The SMILES string of the molecule is C=N/C(=C\c1c(C(C)C)ccc(N2C[C@H](CCS(C)(=O)=O)[C@H]2C)c1C)Nc1ccnc(N2CC[C@H](O)C[C@H]2C)n1. The number of nitrogens with zero attached hydrogens (tertiary/aromatic N) is 5. The highest BCUT2D eigenvalue weighted by Crippen LogP contribution is 2.39. The molecule has 1 aromatic carbocycles. The van der Waals surface area contributed by atoms with Gasteiger partial charge in [-0.05, 0) is 93.5 Å². The van der Waals surface area contributed by atoms with E-state index in [0.29, 0.717) is 55.2 Å². The summed E-state index contributed by atoms with van der Waals surface area (Å²) in [6.07, 6.45) is 6.89. The highest BCUT2D eigenvalue weighted by molar-refractivity contribution is 7.90. The second-order valence-electron chi connectivity index (χ2n) is 11.7. The first kappa shape index (κ1) is 30.0. The fraction of sp³-hybridized carbons (Fsp3) is 0.567. The molecule has 1 aromatic heterocycles. The van der Waals surface area contributed by atoms with E-state index in [-0.39, 0.29) is 23.9 Å². The van der Waals surface area contributed by atoms with Crippen LogP contribution in [0.25, 0.3) is 6.08 Å². The summed E-state index contributed by atoms with van der Waals surface area (Å²) in [6, 6.07) is 6.62. The first-order chi connectivity index (χ1) is 18.9. The minimum absolute atomic E-state index is 0.153. The Balaban J connectivity index is 1.58. The van der Waals surface area contributed by atoms with E-state index in [2.05, 4.69) is 78.6 Å². The zero-order valence-electron chi connectivity index (χ0n) is 24.6. The van der Waals surface area contributed by atoms with Crippen molar-refractivity contribution in [2.24, 2.45) is 10.9 Å². The van der Waals surface area contributed by atoms with Gasteiger partial charge in [-0.25, -0.2) is 18.4 Å². The Morgan fingerprint density at radius 2 is 2.02 bits per heavy atom. The summed E-state index contributed by atoms with van der Waals surface area (Å²) in [5.74, 6) is 2.76. The summed E-state index contributed by atoms with van der Waals surface area (Å²) in [6.45, 7) is 16.1. The number of aliphatic imine (C=N–C) groups is 1. The highest BCUT2D eigenvalue weighted by Gasteiger charge is 2.36. The third kappa shape index (κ3) is 6.83. The number of aromatic nitrogens is 2. The van der Waals surface area contributed by atoms with E-state index < -0.39 is 9.84 Å². The molecule has 0 saturated carbocycles. The number of hydrogen-bond donors (Lipinski definition) is 2. The van der Waals surface area contributed by atoms with Gasteiger partial charge in [0.15, 0.2) is 0 Å². The van der Waals surface area contributed by atoms with Crippen LogP contribution in [0.1, 0.15) is 69.6 Å². The van der Waals surface area contributed by atoms with E-state index >= 15 is 0 Å². The van der Waals surface area contributed by atoms with Crippen LogP contribution in [-0.2, 0) is 9.84 Å². The van der Waals surface area contributed by atoms with Crippen LogP contribution >= 0.6 is 0 Å². The predicted octanol–water partition coefficient (Wildman–Crippen LogP) is 4.63. The molecule has 0 spiro atoms. The fourth-order valence-corrected chi connectivity index (χ4v) is 6.57. The van der Waals surface area contributed by atoms with Gasteiger partial charge in [0.05, 0.1) is 11.9 Å². The van der Waals surface area contributed by atoms with Gasteiger partial charge in [0, 0.05) is 43.3 Å². The van der Waals surface area contributed by atoms with Crippen molar-refractivity contribution in [2.45, 2.75) is 78.0 Å². The van der Waals surface area contributed by atoms with E-state index in [4.69, 9.17) is 4.98 Å². The highest BCUT2D eigenvalue weighted by atomic mass is 32.2. The van der Waals surface area contributed by atoms with Gasteiger partial charge in [-0.1, -0.05) is 19.9 Å². The number of aliphatic hydroxyl groups is 1. The summed E-state index contributed by atoms with van der Waals surface area (Å²) in [5.41, 5.74) is 4.64. The third-order valence-electron chi connectivity index (χ3n) is 8.37. The summed E-state index contributed by atoms with van der Waals surface area (Å²) in [7, 11) is -2.96. The first-order valence-electron chi connectivity index (χ1n) is 14.2. The monoisotopic (exact) mass is 568 g/mol. The number of sulfone groups is 1. The number of nitrogens with one attached hydrogen (secondary N) is 1. The molecule has 0 aliphatic carbocycles. The number of piperidine rings is 1. The lowest BCUT2D eigenvalue weighted by molar-refractivity contribution is 0.131. The molecule has 218 valence electrons. The van der Waals surface area contributed by atoms with Crippen molar-refractivity contribution >= 4 is 40.1 Å². The number of anilines is 3. The maximum Gasteiger partial charge on any atom is 0.227 e. The van der Waals surface area contributed by atoms with Crippen LogP contribution in [0, 0.1) is 12.8 Å². The van der Waals surface area contributed by atoms with E-state index in [1.807, 2.05) is 12.1 Å². The normalized spacial score (nSPS) is 23.8. The van der Waals surface area contributed by atoms with Crippen LogP contribution < -0.4 is 15.1 Å². The van der Waals surface area contributed by atoms with Crippen LogP contribution in [0.5, 0.6) is 0 Å². The molecule has 2 fully saturated rings. The van der Waals surface area contributed by atoms with Crippen LogP contribution in [0.15, 0.2) is 35.2 Å². The van der Waals surface area contributed by atoms with E-state index in [0.717, 1.165) is 23.4 Å². The Morgan fingerprint density at radius 1 is 1.27 bits per heavy atom. The van der Waals surface area contributed by atoms with E-state index in [1.165, 1.54) is 11.8 Å². The Labute approximate surface area is 239 Å². The van der Waals surface area contributed by atoms with Crippen molar-refractivity contribution in [3.8, 4) is 0 Å². The first-order valence-corrected chi connectivity index (χ1v) is 16.2. The maximum atomic E-state index is 11.7. The van der Waals surface area contributed by atoms with Crippen molar-refractivity contribution in [2.75, 3.05) is 40.2 Å². The lowest BCUT2D eigenvalue weighted by Crippen LogP contribution is -2.55. The molecular weight excluding hydrogens is 524 g/mol.